The molecular formula is C8H4BrCl2N. The van der Waals surface area contributed by atoms with E-state index in [1.54, 1.807) is 12.1 Å². The minimum absolute atomic E-state index is 0.331. The SMILES string of the molecule is N#CCc1cc(Cl)c(Cl)cc1Br. The molecular weight excluding hydrogens is 261 g/mol. The molecule has 1 rings (SSSR count). The second kappa shape index (κ2) is 4.13. The molecule has 0 radical (unpaired) electrons. The molecule has 4 heteroatoms. The van der Waals surface area contributed by atoms with Crippen LogP contribution in [0.3, 0.4) is 0 Å². The van der Waals surface area contributed by atoms with Crippen LogP contribution in [-0.2, 0) is 6.42 Å². The van der Waals surface area contributed by atoms with Gasteiger partial charge in [0.1, 0.15) is 0 Å². The van der Waals surface area contributed by atoms with Crippen LogP contribution in [0.25, 0.3) is 0 Å². The van der Waals surface area contributed by atoms with Crippen molar-refractivity contribution in [2.75, 3.05) is 0 Å². The summed E-state index contributed by atoms with van der Waals surface area (Å²) in [5, 5.41) is 9.43. The zero-order chi connectivity index (χ0) is 9.14. The summed E-state index contributed by atoms with van der Waals surface area (Å²) < 4.78 is 0.818. The van der Waals surface area contributed by atoms with Crippen molar-refractivity contribution in [3.63, 3.8) is 0 Å². The molecule has 0 unspecified atom stereocenters. The molecule has 0 aliphatic heterocycles. The Kier molecular flexibility index (Phi) is 3.39. The number of halogens is 3. The Labute approximate surface area is 89.0 Å². The van der Waals surface area contributed by atoms with Crippen LogP contribution < -0.4 is 0 Å². The third-order valence-corrected chi connectivity index (χ3v) is 2.82. The number of hydrogen-bond acceptors (Lipinski definition) is 1. The highest BCUT2D eigenvalue weighted by Crippen LogP contribution is 2.29. The van der Waals surface area contributed by atoms with Crippen molar-refractivity contribution in [1.82, 2.24) is 0 Å². The molecule has 1 aromatic rings. The van der Waals surface area contributed by atoms with E-state index in [-0.39, 0.29) is 0 Å². The summed E-state index contributed by atoms with van der Waals surface area (Å²) in [4.78, 5) is 0. The van der Waals surface area contributed by atoms with Crippen LogP contribution in [0.4, 0.5) is 0 Å². The van der Waals surface area contributed by atoms with Crippen LogP contribution in [0.15, 0.2) is 16.6 Å². The Bertz CT molecular complexity index is 344. The summed E-state index contributed by atoms with van der Waals surface area (Å²) >= 11 is 14.8. The fourth-order valence-corrected chi connectivity index (χ4v) is 1.75. The van der Waals surface area contributed by atoms with Crippen molar-refractivity contribution in [3.8, 4) is 6.07 Å². The molecule has 0 amide bonds. The van der Waals surface area contributed by atoms with Gasteiger partial charge in [0.05, 0.1) is 22.5 Å². The first-order valence-corrected chi connectivity index (χ1v) is 4.70. The zero-order valence-corrected chi connectivity index (χ0v) is 9.04. The molecule has 62 valence electrons. The summed E-state index contributed by atoms with van der Waals surface area (Å²) in [5.74, 6) is 0. The predicted octanol–water partition coefficient (Wildman–Crippen LogP) is 3.82. The maximum absolute atomic E-state index is 8.46. The monoisotopic (exact) mass is 263 g/mol. The van der Waals surface area contributed by atoms with Crippen molar-refractivity contribution >= 4 is 39.1 Å². The lowest BCUT2D eigenvalue weighted by Crippen LogP contribution is -1.84. The number of benzene rings is 1. The molecule has 0 saturated carbocycles. The summed E-state index contributed by atoms with van der Waals surface area (Å²) in [6.45, 7) is 0. The fourth-order valence-electron chi connectivity index (χ4n) is 0.784. The molecule has 1 nitrogen and oxygen atoms in total. The lowest BCUT2D eigenvalue weighted by atomic mass is 10.2. The van der Waals surface area contributed by atoms with Gasteiger partial charge in [0, 0.05) is 4.47 Å². The number of nitriles is 1. The van der Waals surface area contributed by atoms with Gasteiger partial charge in [0.15, 0.2) is 0 Å². The molecule has 0 fully saturated rings. The Morgan fingerprint density at radius 3 is 2.50 bits per heavy atom. The standard InChI is InChI=1S/C8H4BrCl2N/c9-6-4-8(11)7(10)3-5(6)1-2-12/h3-4H,1H2. The predicted molar refractivity (Wildman–Crippen MR) is 53.5 cm³/mol. The summed E-state index contributed by atoms with van der Waals surface area (Å²) in [7, 11) is 0. The van der Waals surface area contributed by atoms with Crippen LogP contribution in [0.1, 0.15) is 5.56 Å². The molecule has 0 aliphatic rings. The van der Waals surface area contributed by atoms with Crippen molar-refractivity contribution < 1.29 is 0 Å². The lowest BCUT2D eigenvalue weighted by molar-refractivity contribution is 1.25. The normalized spacial score (nSPS) is 9.50. The van der Waals surface area contributed by atoms with Crippen molar-refractivity contribution in [1.29, 1.82) is 5.26 Å². The van der Waals surface area contributed by atoms with Gasteiger partial charge in [-0.05, 0) is 17.7 Å². The highest BCUT2D eigenvalue weighted by Gasteiger charge is 2.04. The van der Waals surface area contributed by atoms with Crippen LogP contribution in [0.2, 0.25) is 10.0 Å². The first-order chi connectivity index (χ1) is 5.65. The Balaban J connectivity index is 3.16. The average Bonchev–Trinajstić information content (AvgIpc) is 2.01. The van der Waals surface area contributed by atoms with Crippen molar-refractivity contribution in [2.24, 2.45) is 0 Å². The minimum Gasteiger partial charge on any atom is -0.198 e. The second-order valence-electron chi connectivity index (χ2n) is 2.19. The Morgan fingerprint density at radius 1 is 1.33 bits per heavy atom. The smallest absolute Gasteiger partial charge is 0.0670 e. The first-order valence-electron chi connectivity index (χ1n) is 3.15. The van der Waals surface area contributed by atoms with Gasteiger partial charge in [-0.3, -0.25) is 0 Å². The summed E-state index contributed by atoms with van der Waals surface area (Å²) in [6.07, 6.45) is 0.331. The molecule has 0 saturated heterocycles. The van der Waals surface area contributed by atoms with E-state index in [9.17, 15) is 0 Å². The maximum atomic E-state index is 8.46. The van der Waals surface area contributed by atoms with E-state index in [1.165, 1.54) is 0 Å². The summed E-state index contributed by atoms with van der Waals surface area (Å²) in [6, 6.07) is 5.42. The van der Waals surface area contributed by atoms with Gasteiger partial charge in [-0.15, -0.1) is 0 Å². The first kappa shape index (κ1) is 9.85. The highest BCUT2D eigenvalue weighted by molar-refractivity contribution is 9.10. The molecule has 0 N–H and O–H groups in total. The van der Waals surface area contributed by atoms with E-state index in [1.807, 2.05) is 6.07 Å². The van der Waals surface area contributed by atoms with Crippen molar-refractivity contribution in [2.45, 2.75) is 6.42 Å². The van der Waals surface area contributed by atoms with Crippen LogP contribution >= 0.6 is 39.1 Å². The van der Waals surface area contributed by atoms with Crippen LogP contribution in [0.5, 0.6) is 0 Å². The van der Waals surface area contributed by atoms with Crippen LogP contribution in [0, 0.1) is 11.3 Å². The van der Waals surface area contributed by atoms with E-state index >= 15 is 0 Å². The zero-order valence-electron chi connectivity index (χ0n) is 5.94. The molecule has 1 aromatic carbocycles. The largest absolute Gasteiger partial charge is 0.198 e. The third kappa shape index (κ3) is 2.13. The van der Waals surface area contributed by atoms with Gasteiger partial charge in [-0.1, -0.05) is 39.1 Å². The summed E-state index contributed by atoms with van der Waals surface area (Å²) in [5.41, 5.74) is 0.854. The Morgan fingerprint density at radius 2 is 1.92 bits per heavy atom. The molecule has 0 heterocycles. The fraction of sp³-hybridized carbons (Fsp3) is 0.125. The Hall–Kier alpha value is -0.230. The minimum atomic E-state index is 0.331. The quantitative estimate of drug-likeness (QED) is 0.708. The van der Waals surface area contributed by atoms with E-state index in [0.717, 1.165) is 10.0 Å². The molecule has 0 spiro atoms. The second-order valence-corrected chi connectivity index (χ2v) is 3.86. The van der Waals surface area contributed by atoms with Gasteiger partial charge < -0.3 is 0 Å². The lowest BCUT2D eigenvalue weighted by Gasteiger charge is -2.01. The van der Waals surface area contributed by atoms with Crippen molar-refractivity contribution in [3.05, 3.63) is 32.2 Å². The van der Waals surface area contributed by atoms with Gasteiger partial charge >= 0.3 is 0 Å². The van der Waals surface area contributed by atoms with Gasteiger partial charge in [-0.2, -0.15) is 5.26 Å². The molecule has 0 aromatic heterocycles. The van der Waals surface area contributed by atoms with Gasteiger partial charge in [0.2, 0.25) is 0 Å². The topological polar surface area (TPSA) is 23.8 Å². The van der Waals surface area contributed by atoms with E-state index in [4.69, 9.17) is 28.5 Å². The number of hydrogen-bond donors (Lipinski definition) is 0. The van der Waals surface area contributed by atoms with E-state index in [2.05, 4.69) is 15.9 Å². The molecule has 0 bridgehead atoms. The van der Waals surface area contributed by atoms with Crippen LogP contribution in [-0.4, -0.2) is 0 Å². The molecule has 0 atom stereocenters. The van der Waals surface area contributed by atoms with E-state index < -0.39 is 0 Å². The maximum Gasteiger partial charge on any atom is 0.0670 e. The molecule has 12 heavy (non-hydrogen) atoms. The number of nitrogens with zero attached hydrogens (tertiary/aromatic N) is 1. The average molecular weight is 265 g/mol. The molecule has 0 aliphatic carbocycles. The highest BCUT2D eigenvalue weighted by atomic mass is 79.9. The number of rotatable bonds is 1. The van der Waals surface area contributed by atoms with E-state index in [0.29, 0.717) is 16.5 Å². The van der Waals surface area contributed by atoms with Gasteiger partial charge in [-0.25, -0.2) is 0 Å². The third-order valence-electron chi connectivity index (χ3n) is 1.36. The van der Waals surface area contributed by atoms with Gasteiger partial charge in [0.25, 0.3) is 0 Å².